The average Bonchev–Trinajstić information content (AvgIpc) is 2.99. The normalized spacial score (nSPS) is 32.6. The number of likely N-dealkylation sites (tertiary alicyclic amines) is 1. The van der Waals surface area contributed by atoms with E-state index in [-0.39, 0.29) is 35.8 Å². The number of ether oxygens (including phenoxy) is 1. The molecule has 1 aromatic carbocycles. The van der Waals surface area contributed by atoms with Crippen LogP contribution >= 0.6 is 0 Å². The van der Waals surface area contributed by atoms with E-state index in [4.69, 9.17) is 4.74 Å². The number of hydrogen-bond donors (Lipinski definition) is 1. The van der Waals surface area contributed by atoms with Gasteiger partial charge in [-0.2, -0.15) is 0 Å². The molecule has 142 valence electrons. The van der Waals surface area contributed by atoms with E-state index in [1.807, 2.05) is 6.07 Å². The van der Waals surface area contributed by atoms with Crippen molar-refractivity contribution in [2.45, 2.75) is 69.1 Å². The van der Waals surface area contributed by atoms with Crippen LogP contribution in [0.25, 0.3) is 0 Å². The standard InChI is InChI=1S/C21H29FN2O2/c22-16-8-6-7-15(13-16)17-14-24(21(25)19-10-3-5-12-26-19)18-9-2-1-4-11-23-20(17)18/h6-8,13,17-20,23H,1-5,9-12,14H2/t17-,18+,19-,20-/m0/s1. The molecule has 4 atom stereocenters. The molecule has 1 N–H and O–H groups in total. The van der Waals surface area contributed by atoms with Crippen LogP contribution < -0.4 is 5.32 Å². The Morgan fingerprint density at radius 1 is 1.15 bits per heavy atom. The minimum absolute atomic E-state index is 0.140. The number of rotatable bonds is 2. The SMILES string of the molecule is O=C([C@@H]1CCCCO1)N1C[C@@H](c2cccc(F)c2)[C@@H]2NCCCCC[C@H]21. The van der Waals surface area contributed by atoms with Gasteiger partial charge in [-0.3, -0.25) is 4.79 Å². The number of hydrogen-bond acceptors (Lipinski definition) is 3. The zero-order chi connectivity index (χ0) is 17.9. The van der Waals surface area contributed by atoms with E-state index in [1.165, 1.54) is 18.9 Å². The molecule has 0 saturated carbocycles. The van der Waals surface area contributed by atoms with Crippen LogP contribution in [0, 0.1) is 5.82 Å². The minimum atomic E-state index is -0.291. The van der Waals surface area contributed by atoms with Gasteiger partial charge in [0.05, 0.1) is 0 Å². The van der Waals surface area contributed by atoms with Crippen molar-refractivity contribution >= 4 is 5.91 Å². The molecule has 4 rings (SSSR count). The second-order valence-electron chi connectivity index (χ2n) is 7.90. The van der Waals surface area contributed by atoms with Crippen LogP contribution in [0.2, 0.25) is 0 Å². The molecule has 0 aliphatic carbocycles. The van der Waals surface area contributed by atoms with Gasteiger partial charge in [-0.1, -0.05) is 25.0 Å². The number of halogens is 1. The number of benzene rings is 1. The van der Waals surface area contributed by atoms with E-state index in [1.54, 1.807) is 12.1 Å². The molecule has 0 bridgehead atoms. The van der Waals surface area contributed by atoms with Crippen LogP contribution in [-0.4, -0.2) is 48.7 Å². The maximum atomic E-state index is 13.8. The van der Waals surface area contributed by atoms with Gasteiger partial charge in [-0.15, -0.1) is 0 Å². The van der Waals surface area contributed by atoms with Crippen LogP contribution in [0.1, 0.15) is 56.4 Å². The Morgan fingerprint density at radius 3 is 2.85 bits per heavy atom. The largest absolute Gasteiger partial charge is 0.368 e. The molecule has 1 amide bonds. The highest BCUT2D eigenvalue weighted by Gasteiger charge is 2.46. The van der Waals surface area contributed by atoms with Gasteiger partial charge in [0.25, 0.3) is 5.91 Å². The fourth-order valence-corrected chi connectivity index (χ4v) is 4.88. The van der Waals surface area contributed by atoms with Gasteiger partial charge in [0, 0.05) is 31.2 Å². The molecular weight excluding hydrogens is 331 g/mol. The van der Waals surface area contributed by atoms with Crippen LogP contribution in [0.15, 0.2) is 24.3 Å². The molecule has 0 spiro atoms. The number of nitrogens with one attached hydrogen (secondary N) is 1. The Balaban J connectivity index is 1.60. The highest BCUT2D eigenvalue weighted by molar-refractivity contribution is 5.82. The molecule has 3 fully saturated rings. The molecule has 3 heterocycles. The quantitative estimate of drug-likeness (QED) is 0.880. The zero-order valence-corrected chi connectivity index (χ0v) is 15.3. The summed E-state index contributed by atoms with van der Waals surface area (Å²) < 4.78 is 19.6. The number of fused-ring (bicyclic) bond motifs is 1. The van der Waals surface area contributed by atoms with Crippen molar-refractivity contribution in [3.8, 4) is 0 Å². The topological polar surface area (TPSA) is 41.6 Å². The summed E-state index contributed by atoms with van der Waals surface area (Å²) >= 11 is 0. The van der Waals surface area contributed by atoms with Crippen LogP contribution in [0.5, 0.6) is 0 Å². The molecule has 3 aliphatic heterocycles. The second-order valence-corrected chi connectivity index (χ2v) is 7.90. The van der Waals surface area contributed by atoms with Crippen LogP contribution in [-0.2, 0) is 9.53 Å². The fourth-order valence-electron chi connectivity index (χ4n) is 4.88. The summed E-state index contributed by atoms with van der Waals surface area (Å²) in [5.41, 5.74) is 0.993. The fraction of sp³-hybridized carbons (Fsp3) is 0.667. The first-order valence-electron chi connectivity index (χ1n) is 10.1. The highest BCUT2D eigenvalue weighted by atomic mass is 19.1. The predicted molar refractivity (Wildman–Crippen MR) is 98.5 cm³/mol. The molecule has 1 aromatic rings. The van der Waals surface area contributed by atoms with Crippen molar-refractivity contribution in [3.05, 3.63) is 35.6 Å². The lowest BCUT2D eigenvalue weighted by molar-refractivity contribution is -0.147. The van der Waals surface area contributed by atoms with Gasteiger partial charge < -0.3 is 15.0 Å². The molecule has 0 radical (unpaired) electrons. The first-order valence-corrected chi connectivity index (χ1v) is 10.1. The summed E-state index contributed by atoms with van der Waals surface area (Å²) in [6, 6.07) is 7.27. The number of amides is 1. The van der Waals surface area contributed by atoms with Gasteiger partial charge in [0.15, 0.2) is 0 Å². The molecular formula is C21H29FN2O2. The summed E-state index contributed by atoms with van der Waals surface area (Å²) in [5.74, 6) is 0.0765. The first-order chi connectivity index (χ1) is 12.7. The Hall–Kier alpha value is -1.46. The number of carbonyl (C=O) groups is 1. The maximum Gasteiger partial charge on any atom is 0.252 e. The minimum Gasteiger partial charge on any atom is -0.368 e. The lowest BCUT2D eigenvalue weighted by Gasteiger charge is -2.34. The average molecular weight is 360 g/mol. The van der Waals surface area contributed by atoms with Gasteiger partial charge in [-0.25, -0.2) is 4.39 Å². The second kappa shape index (κ2) is 8.05. The Bertz CT molecular complexity index is 632. The van der Waals surface area contributed by atoms with Crippen molar-refractivity contribution in [2.24, 2.45) is 0 Å². The molecule has 0 unspecified atom stereocenters. The number of nitrogens with zero attached hydrogens (tertiary/aromatic N) is 1. The van der Waals surface area contributed by atoms with E-state index in [2.05, 4.69) is 10.2 Å². The summed E-state index contributed by atoms with van der Waals surface area (Å²) in [7, 11) is 0. The molecule has 5 heteroatoms. The van der Waals surface area contributed by atoms with E-state index in [0.717, 1.165) is 44.2 Å². The monoisotopic (exact) mass is 360 g/mol. The van der Waals surface area contributed by atoms with Gasteiger partial charge >= 0.3 is 0 Å². The molecule has 3 aliphatic rings. The zero-order valence-electron chi connectivity index (χ0n) is 15.3. The first kappa shape index (κ1) is 17.9. The molecule has 26 heavy (non-hydrogen) atoms. The third-order valence-corrected chi connectivity index (χ3v) is 6.21. The Morgan fingerprint density at radius 2 is 2.04 bits per heavy atom. The number of carbonyl (C=O) groups excluding carboxylic acids is 1. The summed E-state index contributed by atoms with van der Waals surface area (Å²) in [5, 5.41) is 3.68. The van der Waals surface area contributed by atoms with Gasteiger partial charge in [0.1, 0.15) is 11.9 Å². The van der Waals surface area contributed by atoms with Crippen molar-refractivity contribution in [1.29, 1.82) is 0 Å². The Kier molecular flexibility index (Phi) is 5.55. The van der Waals surface area contributed by atoms with E-state index < -0.39 is 0 Å². The van der Waals surface area contributed by atoms with Gasteiger partial charge in [0.2, 0.25) is 0 Å². The lowest BCUT2D eigenvalue weighted by atomic mass is 9.88. The Labute approximate surface area is 155 Å². The summed E-state index contributed by atoms with van der Waals surface area (Å²) in [6.07, 6.45) is 7.16. The van der Waals surface area contributed by atoms with Crippen molar-refractivity contribution in [1.82, 2.24) is 10.2 Å². The van der Waals surface area contributed by atoms with E-state index in [0.29, 0.717) is 13.2 Å². The maximum absolute atomic E-state index is 13.8. The van der Waals surface area contributed by atoms with Crippen LogP contribution in [0.4, 0.5) is 4.39 Å². The molecule has 3 saturated heterocycles. The smallest absolute Gasteiger partial charge is 0.252 e. The van der Waals surface area contributed by atoms with Gasteiger partial charge in [-0.05, 0) is 56.3 Å². The molecule has 0 aromatic heterocycles. The third kappa shape index (κ3) is 3.65. The third-order valence-electron chi connectivity index (χ3n) is 6.21. The molecule has 4 nitrogen and oxygen atoms in total. The van der Waals surface area contributed by atoms with Crippen molar-refractivity contribution in [2.75, 3.05) is 19.7 Å². The highest BCUT2D eigenvalue weighted by Crippen LogP contribution is 2.36. The van der Waals surface area contributed by atoms with E-state index >= 15 is 0 Å². The lowest BCUT2D eigenvalue weighted by Crippen LogP contribution is -2.50. The summed E-state index contributed by atoms with van der Waals surface area (Å²) in [4.78, 5) is 15.2. The summed E-state index contributed by atoms with van der Waals surface area (Å²) in [6.45, 7) is 2.31. The van der Waals surface area contributed by atoms with Crippen molar-refractivity contribution in [3.63, 3.8) is 0 Å². The predicted octanol–water partition coefficient (Wildman–Crippen LogP) is 3.22. The van der Waals surface area contributed by atoms with Crippen LogP contribution in [0.3, 0.4) is 0 Å². The van der Waals surface area contributed by atoms with Crippen molar-refractivity contribution < 1.29 is 13.9 Å². The van der Waals surface area contributed by atoms with E-state index in [9.17, 15) is 9.18 Å².